The van der Waals surface area contributed by atoms with Crippen LogP contribution in [0.3, 0.4) is 0 Å². The quantitative estimate of drug-likeness (QED) is 0.868. The highest BCUT2D eigenvalue weighted by Gasteiger charge is 2.13. The van der Waals surface area contributed by atoms with Crippen LogP contribution in [0, 0.1) is 5.82 Å². The first-order valence-corrected chi connectivity index (χ1v) is 6.07. The van der Waals surface area contributed by atoms with Crippen molar-refractivity contribution >= 4 is 5.91 Å². The van der Waals surface area contributed by atoms with Gasteiger partial charge in [-0.25, -0.2) is 9.07 Å². The SMILES string of the molecule is CN(Cc1ccccc1F)C(=O)Cn1cc(CO)nn1. The molecule has 1 aromatic heterocycles. The van der Waals surface area contributed by atoms with E-state index in [2.05, 4.69) is 10.3 Å². The minimum absolute atomic E-state index is 0.00203. The standard InChI is InChI=1S/C13H15FN4O2/c1-17(6-10-4-2-3-5-12(10)14)13(20)8-18-7-11(9-19)15-16-18/h2-5,7,19H,6,8-9H2,1H3. The summed E-state index contributed by atoms with van der Waals surface area (Å²) in [5.41, 5.74) is 0.854. The molecule has 1 amide bonds. The van der Waals surface area contributed by atoms with Crippen molar-refractivity contribution < 1.29 is 14.3 Å². The van der Waals surface area contributed by atoms with Gasteiger partial charge in [0.25, 0.3) is 0 Å². The number of hydrogen-bond donors (Lipinski definition) is 1. The van der Waals surface area contributed by atoms with Crippen LogP contribution in [0.4, 0.5) is 4.39 Å². The fourth-order valence-electron chi connectivity index (χ4n) is 1.72. The zero-order valence-electron chi connectivity index (χ0n) is 11.0. The van der Waals surface area contributed by atoms with E-state index in [9.17, 15) is 9.18 Å². The molecule has 7 heteroatoms. The molecule has 0 aliphatic carbocycles. The van der Waals surface area contributed by atoms with Crippen LogP contribution in [0.15, 0.2) is 30.5 Å². The largest absolute Gasteiger partial charge is 0.390 e. The van der Waals surface area contributed by atoms with Crippen LogP contribution in [0.1, 0.15) is 11.3 Å². The second-order valence-corrected chi connectivity index (χ2v) is 4.41. The molecule has 1 aromatic carbocycles. The van der Waals surface area contributed by atoms with E-state index in [4.69, 9.17) is 5.11 Å². The molecule has 0 spiro atoms. The second-order valence-electron chi connectivity index (χ2n) is 4.41. The van der Waals surface area contributed by atoms with E-state index in [0.717, 1.165) is 0 Å². The van der Waals surface area contributed by atoms with Crippen molar-refractivity contribution in [2.24, 2.45) is 0 Å². The summed E-state index contributed by atoms with van der Waals surface area (Å²) in [5, 5.41) is 16.3. The maximum absolute atomic E-state index is 13.5. The Morgan fingerprint density at radius 2 is 2.20 bits per heavy atom. The fraction of sp³-hybridized carbons (Fsp3) is 0.308. The van der Waals surface area contributed by atoms with Gasteiger partial charge in [0, 0.05) is 19.2 Å². The van der Waals surface area contributed by atoms with Gasteiger partial charge in [-0.1, -0.05) is 23.4 Å². The van der Waals surface area contributed by atoms with E-state index in [1.54, 1.807) is 25.2 Å². The average Bonchev–Trinajstić information content (AvgIpc) is 2.89. The molecular weight excluding hydrogens is 263 g/mol. The molecule has 0 aliphatic rings. The Hall–Kier alpha value is -2.28. The summed E-state index contributed by atoms with van der Waals surface area (Å²) in [6, 6.07) is 6.32. The number of halogens is 1. The van der Waals surface area contributed by atoms with Gasteiger partial charge >= 0.3 is 0 Å². The molecule has 0 saturated carbocycles. The van der Waals surface area contributed by atoms with Crippen LogP contribution >= 0.6 is 0 Å². The van der Waals surface area contributed by atoms with Crippen LogP contribution in [-0.2, 0) is 24.5 Å². The van der Waals surface area contributed by atoms with Crippen LogP contribution < -0.4 is 0 Å². The van der Waals surface area contributed by atoms with Crippen LogP contribution in [0.5, 0.6) is 0 Å². The van der Waals surface area contributed by atoms with Gasteiger partial charge in [-0.15, -0.1) is 5.10 Å². The Balaban J connectivity index is 1.97. The predicted octanol–water partition coefficient (Wildman–Crippen LogP) is 0.568. The number of likely N-dealkylation sites (N-methyl/N-ethyl adjacent to an activating group) is 1. The van der Waals surface area contributed by atoms with E-state index in [-0.39, 0.29) is 31.4 Å². The topological polar surface area (TPSA) is 71.2 Å². The lowest BCUT2D eigenvalue weighted by Crippen LogP contribution is -2.30. The molecule has 0 aliphatic heterocycles. The first-order valence-electron chi connectivity index (χ1n) is 6.07. The number of rotatable bonds is 5. The lowest BCUT2D eigenvalue weighted by atomic mass is 10.2. The molecule has 1 heterocycles. The Morgan fingerprint density at radius 1 is 1.45 bits per heavy atom. The molecule has 0 atom stereocenters. The van der Waals surface area contributed by atoms with E-state index >= 15 is 0 Å². The molecule has 0 radical (unpaired) electrons. The van der Waals surface area contributed by atoms with Crippen molar-refractivity contribution in [2.75, 3.05) is 7.05 Å². The van der Waals surface area contributed by atoms with Crippen LogP contribution in [0.25, 0.3) is 0 Å². The summed E-state index contributed by atoms with van der Waals surface area (Å²) in [7, 11) is 1.60. The van der Waals surface area contributed by atoms with Gasteiger partial charge in [0.15, 0.2) is 0 Å². The van der Waals surface area contributed by atoms with Crippen molar-refractivity contribution in [3.63, 3.8) is 0 Å². The van der Waals surface area contributed by atoms with Crippen molar-refractivity contribution in [2.45, 2.75) is 19.7 Å². The summed E-state index contributed by atoms with van der Waals surface area (Å²) in [5.74, 6) is -0.557. The van der Waals surface area contributed by atoms with Gasteiger partial charge in [-0.2, -0.15) is 0 Å². The molecule has 0 saturated heterocycles. The van der Waals surface area contributed by atoms with Crippen molar-refractivity contribution in [1.29, 1.82) is 0 Å². The number of amides is 1. The third-order valence-electron chi connectivity index (χ3n) is 2.84. The maximum Gasteiger partial charge on any atom is 0.244 e. The van der Waals surface area contributed by atoms with Crippen molar-refractivity contribution in [1.82, 2.24) is 19.9 Å². The minimum atomic E-state index is -0.338. The summed E-state index contributed by atoms with van der Waals surface area (Å²) >= 11 is 0. The van der Waals surface area contributed by atoms with Crippen molar-refractivity contribution in [3.8, 4) is 0 Å². The summed E-state index contributed by atoms with van der Waals surface area (Å²) in [6.45, 7) is -0.0374. The highest BCUT2D eigenvalue weighted by molar-refractivity contribution is 5.75. The monoisotopic (exact) mass is 278 g/mol. The first-order chi connectivity index (χ1) is 9.60. The van der Waals surface area contributed by atoms with Gasteiger partial charge in [0.1, 0.15) is 18.1 Å². The van der Waals surface area contributed by atoms with E-state index in [1.165, 1.54) is 21.8 Å². The number of aliphatic hydroxyl groups excluding tert-OH is 1. The Bertz CT molecular complexity index is 600. The number of carbonyl (C=O) groups is 1. The Kier molecular flexibility index (Phi) is 4.41. The molecule has 0 fully saturated rings. The molecule has 1 N–H and O–H groups in total. The normalized spacial score (nSPS) is 10.6. The molecule has 6 nitrogen and oxygen atoms in total. The number of aromatic nitrogens is 3. The number of carbonyl (C=O) groups excluding carboxylic acids is 1. The number of aliphatic hydroxyl groups is 1. The predicted molar refractivity (Wildman–Crippen MR) is 68.8 cm³/mol. The van der Waals surface area contributed by atoms with Gasteiger partial charge in [-0.05, 0) is 6.07 Å². The van der Waals surface area contributed by atoms with Gasteiger partial charge in [0.2, 0.25) is 5.91 Å². The Labute approximate surface area is 115 Å². The van der Waals surface area contributed by atoms with Gasteiger partial charge in [-0.3, -0.25) is 4.79 Å². The lowest BCUT2D eigenvalue weighted by molar-refractivity contribution is -0.131. The zero-order chi connectivity index (χ0) is 14.5. The molecular formula is C13H15FN4O2. The number of benzene rings is 1. The summed E-state index contributed by atoms with van der Waals surface area (Å²) in [6.07, 6.45) is 1.49. The zero-order valence-corrected chi connectivity index (χ0v) is 11.0. The first kappa shape index (κ1) is 14.1. The van der Waals surface area contributed by atoms with Crippen LogP contribution in [0.2, 0.25) is 0 Å². The average molecular weight is 278 g/mol. The molecule has 20 heavy (non-hydrogen) atoms. The highest BCUT2D eigenvalue weighted by Crippen LogP contribution is 2.09. The third kappa shape index (κ3) is 3.39. The summed E-state index contributed by atoms with van der Waals surface area (Å²) < 4.78 is 14.8. The van der Waals surface area contributed by atoms with E-state index in [0.29, 0.717) is 11.3 Å². The molecule has 0 bridgehead atoms. The molecule has 0 unspecified atom stereocenters. The second kappa shape index (κ2) is 6.25. The van der Waals surface area contributed by atoms with Crippen molar-refractivity contribution in [3.05, 3.63) is 47.5 Å². The highest BCUT2D eigenvalue weighted by atomic mass is 19.1. The fourth-order valence-corrected chi connectivity index (χ4v) is 1.72. The van der Waals surface area contributed by atoms with E-state index in [1.807, 2.05) is 0 Å². The molecule has 106 valence electrons. The minimum Gasteiger partial charge on any atom is -0.390 e. The number of hydrogen-bond acceptors (Lipinski definition) is 4. The Morgan fingerprint density at radius 3 is 2.85 bits per heavy atom. The molecule has 2 rings (SSSR count). The van der Waals surface area contributed by atoms with Crippen LogP contribution in [-0.4, -0.2) is 38.0 Å². The maximum atomic E-state index is 13.5. The van der Waals surface area contributed by atoms with Gasteiger partial charge in [0.05, 0.1) is 12.8 Å². The van der Waals surface area contributed by atoms with E-state index < -0.39 is 0 Å². The molecule has 2 aromatic rings. The smallest absolute Gasteiger partial charge is 0.244 e. The third-order valence-corrected chi connectivity index (χ3v) is 2.84. The summed E-state index contributed by atoms with van der Waals surface area (Å²) in [4.78, 5) is 13.4. The van der Waals surface area contributed by atoms with Gasteiger partial charge < -0.3 is 10.0 Å². The lowest BCUT2D eigenvalue weighted by Gasteiger charge is -2.17. The number of nitrogens with zero attached hydrogens (tertiary/aromatic N) is 4.